The Bertz CT molecular complexity index is 2230. The van der Waals surface area contributed by atoms with Crippen LogP contribution < -0.4 is 29.1 Å². The summed E-state index contributed by atoms with van der Waals surface area (Å²) in [7, 11) is 3.24. The van der Waals surface area contributed by atoms with Gasteiger partial charge in [-0.05, 0) is 93.5 Å². The number of nitrogens with zero attached hydrogens (tertiary/aromatic N) is 2. The number of halogens is 3. The van der Waals surface area contributed by atoms with Crippen molar-refractivity contribution in [1.29, 1.82) is 0 Å². The first-order chi connectivity index (χ1) is 22.3. The Hall–Kier alpha value is -3.82. The van der Waals surface area contributed by atoms with Crippen LogP contribution in [0.2, 0.25) is 10.0 Å². The molecule has 7 rings (SSSR count). The van der Waals surface area contributed by atoms with E-state index >= 15 is 0 Å². The van der Waals surface area contributed by atoms with Crippen molar-refractivity contribution < 1.29 is 14.2 Å². The molecule has 5 aromatic rings. The molecule has 10 heteroatoms. The predicted octanol–water partition coefficient (Wildman–Crippen LogP) is 7.98. The second-order valence-corrected chi connectivity index (χ2v) is 13.6. The van der Waals surface area contributed by atoms with Crippen LogP contribution in [0.15, 0.2) is 98.7 Å². The van der Waals surface area contributed by atoms with Crippen LogP contribution in [0.1, 0.15) is 40.3 Å². The number of aromatic nitrogens is 1. The summed E-state index contributed by atoms with van der Waals surface area (Å²) in [6, 6.07) is 25.0. The van der Waals surface area contributed by atoms with Crippen LogP contribution in [0.5, 0.6) is 17.2 Å². The first kappa shape index (κ1) is 30.8. The lowest BCUT2D eigenvalue weighted by molar-refractivity contribution is 0.304. The molecule has 0 saturated carbocycles. The van der Waals surface area contributed by atoms with Gasteiger partial charge in [-0.15, -0.1) is 0 Å². The Morgan fingerprint density at radius 3 is 2.54 bits per heavy atom. The summed E-state index contributed by atoms with van der Waals surface area (Å²) in [4.78, 5) is 20.0. The maximum absolute atomic E-state index is 14.2. The fourth-order valence-corrected chi connectivity index (χ4v) is 7.99. The summed E-state index contributed by atoms with van der Waals surface area (Å²) < 4.78 is 20.4. The van der Waals surface area contributed by atoms with E-state index in [9.17, 15) is 4.79 Å². The van der Waals surface area contributed by atoms with Crippen LogP contribution in [0.4, 0.5) is 0 Å². The maximum Gasteiger partial charge on any atom is 0.271 e. The molecule has 1 aliphatic heterocycles. The molecule has 232 valence electrons. The second kappa shape index (κ2) is 12.8. The van der Waals surface area contributed by atoms with Crippen molar-refractivity contribution >= 4 is 62.2 Å². The van der Waals surface area contributed by atoms with E-state index in [0.717, 1.165) is 50.8 Å². The van der Waals surface area contributed by atoms with Gasteiger partial charge in [-0.2, -0.15) is 0 Å². The molecule has 0 bridgehead atoms. The summed E-state index contributed by atoms with van der Waals surface area (Å²) in [5.74, 6) is 1.91. The largest absolute Gasteiger partial charge is 0.493 e. The molecule has 4 aromatic carbocycles. The molecular formula is C36H27BrCl2N2O4S. The average Bonchev–Trinajstić information content (AvgIpc) is 3.37. The quantitative estimate of drug-likeness (QED) is 0.170. The number of aryl methyl sites for hydroxylation is 1. The van der Waals surface area contributed by atoms with E-state index in [0.29, 0.717) is 36.6 Å². The number of thiazole rings is 1. The highest BCUT2D eigenvalue weighted by Gasteiger charge is 2.33. The van der Waals surface area contributed by atoms with Crippen molar-refractivity contribution in [3.63, 3.8) is 0 Å². The highest BCUT2D eigenvalue weighted by molar-refractivity contribution is 9.10. The molecule has 2 heterocycles. The third kappa shape index (κ3) is 5.68. The maximum atomic E-state index is 14.2. The fourth-order valence-electron chi connectivity index (χ4n) is 6.01. The van der Waals surface area contributed by atoms with Gasteiger partial charge < -0.3 is 14.2 Å². The highest BCUT2D eigenvalue weighted by atomic mass is 79.9. The van der Waals surface area contributed by atoms with E-state index < -0.39 is 0 Å². The lowest BCUT2D eigenvalue weighted by Crippen LogP contribution is -2.38. The molecular weight excluding hydrogens is 707 g/mol. The predicted molar refractivity (Wildman–Crippen MR) is 187 cm³/mol. The van der Waals surface area contributed by atoms with Gasteiger partial charge in [0.1, 0.15) is 12.4 Å². The number of benzene rings is 4. The number of fused-ring (bicyclic) bond motifs is 3. The van der Waals surface area contributed by atoms with E-state index in [1.807, 2.05) is 59.2 Å². The Kier molecular flexibility index (Phi) is 8.55. The smallest absolute Gasteiger partial charge is 0.271 e. The van der Waals surface area contributed by atoms with Crippen LogP contribution in [-0.4, -0.2) is 18.8 Å². The van der Waals surface area contributed by atoms with E-state index in [-0.39, 0.29) is 18.2 Å². The van der Waals surface area contributed by atoms with E-state index in [4.69, 9.17) is 42.4 Å². The standard InChI is InChI=1S/C36H27BrCl2N2O4S/c1-43-30-14-10-22(17-31(30)44-2)34-26-12-9-21-5-3-4-6-25(21)33(26)40-36-41(34)35(42)32(46-36)16-20-7-13-29(27(37)15-20)45-19-23-8-11-24(38)18-28(23)39/h3-8,10-11,13-18,34H,9,12,19H2,1-2H3/b32-16+/t34-/m0/s1. The first-order valence-electron chi connectivity index (χ1n) is 14.6. The number of rotatable bonds is 7. The third-order valence-corrected chi connectivity index (χ3v) is 10.4. The van der Waals surface area contributed by atoms with Crippen molar-refractivity contribution in [1.82, 2.24) is 4.57 Å². The fraction of sp³-hybridized carbons (Fsp3) is 0.167. The van der Waals surface area contributed by atoms with Crippen molar-refractivity contribution in [3.05, 3.63) is 146 Å². The molecule has 1 aromatic heterocycles. The lowest BCUT2D eigenvalue weighted by atomic mass is 9.83. The monoisotopic (exact) mass is 732 g/mol. The van der Waals surface area contributed by atoms with Crippen molar-refractivity contribution in [2.24, 2.45) is 4.99 Å². The number of hydrogen-bond acceptors (Lipinski definition) is 6. The van der Waals surface area contributed by atoms with Crippen LogP contribution in [-0.2, 0) is 13.0 Å². The number of hydrogen-bond donors (Lipinski definition) is 0. The zero-order chi connectivity index (χ0) is 31.9. The van der Waals surface area contributed by atoms with Gasteiger partial charge in [-0.25, -0.2) is 4.99 Å². The van der Waals surface area contributed by atoms with Crippen molar-refractivity contribution in [2.45, 2.75) is 25.5 Å². The SMILES string of the molecule is COc1ccc([C@H]2C3=C(N=c4s/c(=C/c5ccc(OCc6ccc(Cl)cc6Cl)c(Br)c5)c(=O)n42)c2ccccc2CC3)cc1OC. The topological polar surface area (TPSA) is 62.0 Å². The molecule has 0 fully saturated rings. The van der Waals surface area contributed by atoms with E-state index in [2.05, 4.69) is 34.1 Å². The van der Waals surface area contributed by atoms with Gasteiger partial charge in [0.05, 0.1) is 35.0 Å². The molecule has 0 radical (unpaired) electrons. The Balaban J connectivity index is 1.30. The molecule has 46 heavy (non-hydrogen) atoms. The Morgan fingerprint density at radius 1 is 0.957 bits per heavy atom. The average molecular weight is 734 g/mol. The summed E-state index contributed by atoms with van der Waals surface area (Å²) in [6.45, 7) is 0.288. The molecule has 0 amide bonds. The van der Waals surface area contributed by atoms with Gasteiger partial charge >= 0.3 is 0 Å². The number of methoxy groups -OCH3 is 2. The van der Waals surface area contributed by atoms with Crippen LogP contribution in [0, 0.1) is 0 Å². The first-order valence-corrected chi connectivity index (χ1v) is 16.9. The summed E-state index contributed by atoms with van der Waals surface area (Å²) >= 11 is 17.4. The minimum Gasteiger partial charge on any atom is -0.493 e. The zero-order valence-corrected chi connectivity index (χ0v) is 28.8. The molecule has 0 saturated heterocycles. The van der Waals surface area contributed by atoms with E-state index in [1.165, 1.54) is 16.9 Å². The molecule has 1 atom stereocenters. The van der Waals surface area contributed by atoms with Gasteiger partial charge in [0.2, 0.25) is 0 Å². The van der Waals surface area contributed by atoms with Crippen LogP contribution in [0.25, 0.3) is 11.8 Å². The van der Waals surface area contributed by atoms with Gasteiger partial charge in [0.25, 0.3) is 5.56 Å². The molecule has 1 aliphatic carbocycles. The second-order valence-electron chi connectivity index (χ2n) is 10.9. The normalized spacial score (nSPS) is 15.5. The summed E-state index contributed by atoms with van der Waals surface area (Å²) in [6.07, 6.45) is 3.58. The minimum absolute atomic E-state index is 0.0947. The number of allylic oxidation sites excluding steroid dienone is 1. The Labute approximate surface area is 287 Å². The van der Waals surface area contributed by atoms with Gasteiger partial charge in [0, 0.05) is 21.2 Å². The van der Waals surface area contributed by atoms with Gasteiger partial charge in [-0.3, -0.25) is 9.36 Å². The van der Waals surface area contributed by atoms with E-state index in [1.54, 1.807) is 26.4 Å². The molecule has 0 spiro atoms. The molecule has 0 unspecified atom stereocenters. The van der Waals surface area contributed by atoms with Gasteiger partial charge in [-0.1, -0.05) is 77.0 Å². The molecule has 6 nitrogen and oxygen atoms in total. The highest BCUT2D eigenvalue weighted by Crippen LogP contribution is 2.43. The summed E-state index contributed by atoms with van der Waals surface area (Å²) in [5, 5.41) is 1.12. The Morgan fingerprint density at radius 2 is 1.76 bits per heavy atom. The minimum atomic E-state index is -0.330. The molecule has 2 aliphatic rings. The van der Waals surface area contributed by atoms with Gasteiger partial charge in [0.15, 0.2) is 16.3 Å². The van der Waals surface area contributed by atoms with Crippen molar-refractivity contribution in [2.75, 3.05) is 14.2 Å². The lowest BCUT2D eigenvalue weighted by Gasteiger charge is -2.31. The number of ether oxygens (including phenoxy) is 3. The van der Waals surface area contributed by atoms with Crippen LogP contribution in [0.3, 0.4) is 0 Å². The third-order valence-electron chi connectivity index (χ3n) is 8.25. The van der Waals surface area contributed by atoms with Crippen molar-refractivity contribution in [3.8, 4) is 17.2 Å². The summed E-state index contributed by atoms with van der Waals surface area (Å²) in [5.41, 5.74) is 6.98. The van der Waals surface area contributed by atoms with Crippen LogP contribution >= 0.6 is 50.5 Å². The molecule has 0 N–H and O–H groups in total. The zero-order valence-electron chi connectivity index (χ0n) is 24.9.